The molecule has 1 aromatic rings. The van der Waals surface area contributed by atoms with Gasteiger partial charge in [0.2, 0.25) is 5.91 Å². The van der Waals surface area contributed by atoms with Gasteiger partial charge < -0.3 is 11.5 Å². The van der Waals surface area contributed by atoms with Gasteiger partial charge in [-0.1, -0.05) is 36.8 Å². The Morgan fingerprint density at radius 2 is 1.81 bits per heavy atom. The van der Waals surface area contributed by atoms with Crippen LogP contribution >= 0.6 is 0 Å². The standard InChI is InChI=1S/C17H27N3O/c1-13-7-6-8-14(2)20(13)12-11-17(19,16(18)21)15-9-4-3-5-10-15/h3-5,9-10,13-14H,6-8,11-12,19H2,1-2H3,(H2,18,21). The van der Waals surface area contributed by atoms with Gasteiger partial charge in [0.1, 0.15) is 5.54 Å². The van der Waals surface area contributed by atoms with Crippen LogP contribution in [0.15, 0.2) is 30.3 Å². The number of nitrogens with zero attached hydrogens (tertiary/aromatic N) is 1. The molecule has 4 heteroatoms. The predicted octanol–water partition coefficient (Wildman–Crippen LogP) is 1.98. The first-order chi connectivity index (χ1) is 9.95. The van der Waals surface area contributed by atoms with Crippen LogP contribution in [0.25, 0.3) is 0 Å². The van der Waals surface area contributed by atoms with Crippen molar-refractivity contribution in [3.63, 3.8) is 0 Å². The third kappa shape index (κ3) is 3.44. The monoisotopic (exact) mass is 289 g/mol. The van der Waals surface area contributed by atoms with Gasteiger partial charge >= 0.3 is 0 Å². The Hall–Kier alpha value is -1.39. The van der Waals surface area contributed by atoms with Crippen molar-refractivity contribution < 1.29 is 4.79 Å². The molecule has 1 amide bonds. The molecule has 1 heterocycles. The van der Waals surface area contributed by atoms with Crippen molar-refractivity contribution in [2.75, 3.05) is 6.54 Å². The molecule has 3 atom stereocenters. The molecule has 2 rings (SSSR count). The number of carbonyl (C=O) groups is 1. The summed E-state index contributed by atoms with van der Waals surface area (Å²) >= 11 is 0. The topological polar surface area (TPSA) is 72.3 Å². The fraction of sp³-hybridized carbons (Fsp3) is 0.588. The second kappa shape index (κ2) is 6.58. The number of piperidine rings is 1. The summed E-state index contributed by atoms with van der Waals surface area (Å²) in [5, 5.41) is 0. The first kappa shape index (κ1) is 16.0. The zero-order valence-electron chi connectivity index (χ0n) is 13.1. The summed E-state index contributed by atoms with van der Waals surface area (Å²) < 4.78 is 0. The van der Waals surface area contributed by atoms with Gasteiger partial charge in [-0.25, -0.2) is 0 Å². The van der Waals surface area contributed by atoms with Crippen molar-refractivity contribution in [3.05, 3.63) is 35.9 Å². The highest BCUT2D eigenvalue weighted by atomic mass is 16.1. The molecule has 1 aliphatic heterocycles. The van der Waals surface area contributed by atoms with E-state index in [1.54, 1.807) is 0 Å². The number of rotatable bonds is 5. The number of hydrogen-bond donors (Lipinski definition) is 2. The van der Waals surface area contributed by atoms with Gasteiger partial charge in [-0.2, -0.15) is 0 Å². The highest BCUT2D eigenvalue weighted by Crippen LogP contribution is 2.27. The number of hydrogen-bond acceptors (Lipinski definition) is 3. The van der Waals surface area contributed by atoms with Crippen LogP contribution in [0, 0.1) is 0 Å². The van der Waals surface area contributed by atoms with Crippen LogP contribution in [-0.2, 0) is 10.3 Å². The Bertz CT molecular complexity index is 466. The molecule has 116 valence electrons. The largest absolute Gasteiger partial charge is 0.368 e. The van der Waals surface area contributed by atoms with Crippen molar-refractivity contribution in [2.45, 2.75) is 57.2 Å². The summed E-state index contributed by atoms with van der Waals surface area (Å²) in [6.07, 6.45) is 4.26. The fourth-order valence-corrected chi connectivity index (χ4v) is 3.37. The molecule has 4 nitrogen and oxygen atoms in total. The lowest BCUT2D eigenvalue weighted by molar-refractivity contribution is -0.124. The molecule has 0 bridgehead atoms. The Morgan fingerprint density at radius 1 is 1.24 bits per heavy atom. The fourth-order valence-electron chi connectivity index (χ4n) is 3.37. The van der Waals surface area contributed by atoms with E-state index in [2.05, 4.69) is 18.7 Å². The van der Waals surface area contributed by atoms with E-state index < -0.39 is 11.4 Å². The smallest absolute Gasteiger partial charge is 0.242 e. The van der Waals surface area contributed by atoms with Crippen molar-refractivity contribution in [2.24, 2.45) is 11.5 Å². The van der Waals surface area contributed by atoms with Crippen molar-refractivity contribution in [3.8, 4) is 0 Å². The number of amides is 1. The van der Waals surface area contributed by atoms with Crippen LogP contribution in [0.3, 0.4) is 0 Å². The summed E-state index contributed by atoms with van der Waals surface area (Å²) in [6, 6.07) is 10.6. The van der Waals surface area contributed by atoms with Crippen LogP contribution in [-0.4, -0.2) is 29.4 Å². The molecule has 0 aromatic heterocycles. The van der Waals surface area contributed by atoms with Crippen LogP contribution < -0.4 is 11.5 Å². The average Bonchev–Trinajstić information content (AvgIpc) is 2.47. The molecule has 0 saturated carbocycles. The molecular weight excluding hydrogens is 262 g/mol. The SMILES string of the molecule is CC1CCCC(C)N1CCC(N)(C(N)=O)c1ccccc1. The maximum atomic E-state index is 11.9. The minimum Gasteiger partial charge on any atom is -0.368 e. The summed E-state index contributed by atoms with van der Waals surface area (Å²) in [4.78, 5) is 14.4. The number of primary amides is 1. The van der Waals surface area contributed by atoms with Crippen molar-refractivity contribution in [1.29, 1.82) is 0 Å². The normalized spacial score (nSPS) is 26.2. The zero-order valence-corrected chi connectivity index (χ0v) is 13.1. The average molecular weight is 289 g/mol. The second-order valence-corrected chi connectivity index (χ2v) is 6.32. The lowest BCUT2D eigenvalue weighted by atomic mass is 9.86. The molecule has 3 unspecified atom stereocenters. The molecule has 21 heavy (non-hydrogen) atoms. The molecule has 1 saturated heterocycles. The predicted molar refractivity (Wildman–Crippen MR) is 85.6 cm³/mol. The molecular formula is C17H27N3O. The van der Waals surface area contributed by atoms with Gasteiger partial charge in [0.05, 0.1) is 0 Å². The zero-order chi connectivity index (χ0) is 15.5. The van der Waals surface area contributed by atoms with E-state index in [0.717, 1.165) is 12.1 Å². The number of nitrogens with two attached hydrogens (primary N) is 2. The lowest BCUT2D eigenvalue weighted by Crippen LogP contribution is -2.53. The van der Waals surface area contributed by atoms with Gasteiger partial charge in [-0.05, 0) is 38.7 Å². The minimum atomic E-state index is -1.09. The maximum absolute atomic E-state index is 11.9. The van der Waals surface area contributed by atoms with Gasteiger partial charge in [0.25, 0.3) is 0 Å². The summed E-state index contributed by atoms with van der Waals surface area (Å²) in [5.74, 6) is -0.453. The van der Waals surface area contributed by atoms with E-state index in [-0.39, 0.29) is 0 Å². The highest BCUT2D eigenvalue weighted by Gasteiger charge is 2.35. The minimum absolute atomic E-state index is 0.453. The van der Waals surface area contributed by atoms with E-state index >= 15 is 0 Å². The van der Waals surface area contributed by atoms with Crippen molar-refractivity contribution in [1.82, 2.24) is 4.90 Å². The Labute approximate surface area is 127 Å². The van der Waals surface area contributed by atoms with Crippen LogP contribution in [0.2, 0.25) is 0 Å². The van der Waals surface area contributed by atoms with Gasteiger partial charge in [-0.15, -0.1) is 0 Å². The second-order valence-electron chi connectivity index (χ2n) is 6.32. The van der Waals surface area contributed by atoms with E-state index in [1.807, 2.05) is 30.3 Å². The summed E-state index contributed by atoms with van der Waals surface area (Å²) in [5.41, 5.74) is 11.7. The molecule has 1 aliphatic rings. The van der Waals surface area contributed by atoms with Crippen LogP contribution in [0.4, 0.5) is 0 Å². The quantitative estimate of drug-likeness (QED) is 0.870. The molecule has 1 aromatic carbocycles. The van der Waals surface area contributed by atoms with Crippen LogP contribution in [0.1, 0.15) is 45.1 Å². The Balaban J connectivity index is 2.12. The van der Waals surface area contributed by atoms with Gasteiger partial charge in [0, 0.05) is 18.6 Å². The number of benzene rings is 1. The summed E-state index contributed by atoms with van der Waals surface area (Å²) in [6.45, 7) is 5.30. The third-order valence-corrected chi connectivity index (χ3v) is 4.87. The van der Waals surface area contributed by atoms with E-state index in [1.165, 1.54) is 19.3 Å². The van der Waals surface area contributed by atoms with E-state index in [4.69, 9.17) is 11.5 Å². The molecule has 4 N–H and O–H groups in total. The first-order valence-corrected chi connectivity index (χ1v) is 7.85. The highest BCUT2D eigenvalue weighted by molar-refractivity contribution is 5.85. The maximum Gasteiger partial charge on any atom is 0.242 e. The number of likely N-dealkylation sites (tertiary alicyclic amines) is 1. The van der Waals surface area contributed by atoms with E-state index in [0.29, 0.717) is 18.5 Å². The lowest BCUT2D eigenvalue weighted by Gasteiger charge is -2.40. The molecule has 1 fully saturated rings. The molecule has 0 aliphatic carbocycles. The van der Waals surface area contributed by atoms with E-state index in [9.17, 15) is 4.79 Å². The van der Waals surface area contributed by atoms with Crippen LogP contribution in [0.5, 0.6) is 0 Å². The molecule has 0 radical (unpaired) electrons. The number of carbonyl (C=O) groups excluding carboxylic acids is 1. The van der Waals surface area contributed by atoms with Gasteiger partial charge in [0.15, 0.2) is 0 Å². The van der Waals surface area contributed by atoms with Crippen molar-refractivity contribution >= 4 is 5.91 Å². The first-order valence-electron chi connectivity index (χ1n) is 7.85. The van der Waals surface area contributed by atoms with Gasteiger partial charge in [-0.3, -0.25) is 9.69 Å². The molecule has 0 spiro atoms. The Morgan fingerprint density at radius 3 is 2.33 bits per heavy atom. The summed E-state index contributed by atoms with van der Waals surface area (Å²) in [7, 11) is 0. The third-order valence-electron chi connectivity index (χ3n) is 4.87. The Kier molecular flexibility index (Phi) is 5.01.